The summed E-state index contributed by atoms with van der Waals surface area (Å²) in [4.78, 5) is 10.7. The number of aromatic carboxylic acids is 1. The van der Waals surface area contributed by atoms with Gasteiger partial charge in [-0.05, 0) is 12.5 Å². The Morgan fingerprint density at radius 1 is 0.840 bits per heavy atom. The molecule has 4 heteroatoms. The molecular formula is C21H37NO3. The third-order valence-electron chi connectivity index (χ3n) is 4.65. The highest BCUT2D eigenvalue weighted by Crippen LogP contribution is 2.15. The van der Waals surface area contributed by atoms with Crippen molar-refractivity contribution in [3.8, 4) is 0 Å². The zero-order chi connectivity index (χ0) is 18.2. The van der Waals surface area contributed by atoms with E-state index in [-0.39, 0.29) is 5.76 Å². The smallest absolute Gasteiger partial charge is 0.371 e. The van der Waals surface area contributed by atoms with Crippen LogP contribution in [0.5, 0.6) is 0 Å². The van der Waals surface area contributed by atoms with E-state index in [2.05, 4.69) is 12.2 Å². The number of carboxylic acid groups (broad SMARTS) is 1. The molecule has 0 unspecified atom stereocenters. The van der Waals surface area contributed by atoms with Crippen LogP contribution in [0.1, 0.15) is 107 Å². The maximum absolute atomic E-state index is 10.7. The third kappa shape index (κ3) is 11.7. The van der Waals surface area contributed by atoms with E-state index in [1.165, 1.54) is 89.5 Å². The van der Waals surface area contributed by atoms with Crippen LogP contribution in [0.3, 0.4) is 0 Å². The van der Waals surface area contributed by atoms with Crippen LogP contribution in [-0.2, 0) is 0 Å². The topological polar surface area (TPSA) is 62.5 Å². The molecule has 1 rings (SSSR count). The largest absolute Gasteiger partial charge is 0.475 e. The van der Waals surface area contributed by atoms with Crippen LogP contribution >= 0.6 is 0 Å². The van der Waals surface area contributed by atoms with Crippen molar-refractivity contribution in [3.63, 3.8) is 0 Å². The van der Waals surface area contributed by atoms with Crippen LogP contribution in [0.15, 0.2) is 16.5 Å². The molecule has 0 spiro atoms. The summed E-state index contributed by atoms with van der Waals surface area (Å²) in [5, 5.41) is 11.9. The Labute approximate surface area is 153 Å². The van der Waals surface area contributed by atoms with Crippen LogP contribution in [-0.4, -0.2) is 17.6 Å². The van der Waals surface area contributed by atoms with Gasteiger partial charge in [-0.2, -0.15) is 0 Å². The highest BCUT2D eigenvalue weighted by molar-refractivity contribution is 5.84. The number of carboxylic acids is 1. The monoisotopic (exact) mass is 351 g/mol. The fourth-order valence-electron chi connectivity index (χ4n) is 3.08. The van der Waals surface area contributed by atoms with E-state index < -0.39 is 5.97 Å². The van der Waals surface area contributed by atoms with E-state index >= 15 is 0 Å². The van der Waals surface area contributed by atoms with Gasteiger partial charge in [-0.15, -0.1) is 0 Å². The predicted molar refractivity (Wildman–Crippen MR) is 104 cm³/mol. The Morgan fingerprint density at radius 3 is 1.76 bits per heavy atom. The summed E-state index contributed by atoms with van der Waals surface area (Å²) in [7, 11) is 0. The van der Waals surface area contributed by atoms with Crippen molar-refractivity contribution < 1.29 is 14.3 Å². The lowest BCUT2D eigenvalue weighted by atomic mass is 10.0. The molecule has 0 amide bonds. The van der Waals surface area contributed by atoms with E-state index in [1.807, 2.05) is 0 Å². The van der Waals surface area contributed by atoms with Gasteiger partial charge in [0, 0.05) is 12.6 Å². The van der Waals surface area contributed by atoms with E-state index in [0.29, 0.717) is 5.88 Å². The summed E-state index contributed by atoms with van der Waals surface area (Å²) in [5.41, 5.74) is 0. The molecule has 0 radical (unpaired) electrons. The predicted octanol–water partition coefficient (Wildman–Crippen LogP) is 6.87. The van der Waals surface area contributed by atoms with Gasteiger partial charge in [0.25, 0.3) is 0 Å². The van der Waals surface area contributed by atoms with E-state index in [0.717, 1.165) is 13.0 Å². The normalized spacial score (nSPS) is 10.9. The Bertz CT molecular complexity index is 442. The second kappa shape index (κ2) is 14.9. The summed E-state index contributed by atoms with van der Waals surface area (Å²) < 4.78 is 5.15. The molecule has 1 aromatic heterocycles. The van der Waals surface area contributed by atoms with E-state index in [9.17, 15) is 4.79 Å². The van der Waals surface area contributed by atoms with Crippen LogP contribution in [0, 0.1) is 0 Å². The van der Waals surface area contributed by atoms with Gasteiger partial charge in [0.1, 0.15) is 0 Å². The Kier molecular flexibility index (Phi) is 12.8. The fourth-order valence-corrected chi connectivity index (χ4v) is 3.08. The van der Waals surface area contributed by atoms with Crippen molar-refractivity contribution >= 4 is 11.9 Å². The molecular weight excluding hydrogens is 314 g/mol. The molecule has 144 valence electrons. The molecule has 0 atom stereocenters. The van der Waals surface area contributed by atoms with Crippen molar-refractivity contribution in [3.05, 3.63) is 17.9 Å². The molecule has 25 heavy (non-hydrogen) atoms. The molecule has 0 fully saturated rings. The van der Waals surface area contributed by atoms with Gasteiger partial charge >= 0.3 is 5.97 Å². The number of carbonyl (C=O) groups is 1. The maximum Gasteiger partial charge on any atom is 0.371 e. The molecule has 4 nitrogen and oxygen atoms in total. The molecule has 0 aliphatic heterocycles. The van der Waals surface area contributed by atoms with Gasteiger partial charge in [0.15, 0.2) is 5.88 Å². The summed E-state index contributed by atoms with van der Waals surface area (Å²) in [5.74, 6) is -0.486. The standard InChI is InChI=1S/C21H37NO3/c1-2-3-4-5-6-7-8-9-10-11-12-13-14-15-18-22-20-17-16-19(25-20)21(23)24/h16-17,22H,2-15,18H2,1H3,(H,23,24). The third-order valence-corrected chi connectivity index (χ3v) is 4.65. The zero-order valence-corrected chi connectivity index (χ0v) is 16.0. The van der Waals surface area contributed by atoms with Gasteiger partial charge in [-0.25, -0.2) is 4.79 Å². The molecule has 0 saturated carbocycles. The molecule has 0 saturated heterocycles. The molecule has 0 aliphatic carbocycles. The van der Waals surface area contributed by atoms with Crippen molar-refractivity contribution in [2.24, 2.45) is 0 Å². The Morgan fingerprint density at radius 2 is 1.32 bits per heavy atom. The first-order valence-electron chi connectivity index (χ1n) is 10.3. The summed E-state index contributed by atoms with van der Waals surface area (Å²) in [6.45, 7) is 3.11. The highest BCUT2D eigenvalue weighted by Gasteiger charge is 2.07. The summed E-state index contributed by atoms with van der Waals surface area (Å²) in [6.07, 6.45) is 18.9. The average Bonchev–Trinajstić information content (AvgIpc) is 3.07. The average molecular weight is 352 g/mol. The fraction of sp³-hybridized carbons (Fsp3) is 0.762. The molecule has 2 N–H and O–H groups in total. The minimum atomic E-state index is -1.02. The molecule has 0 bridgehead atoms. The molecule has 0 aliphatic rings. The number of hydrogen-bond acceptors (Lipinski definition) is 3. The second-order valence-corrected chi connectivity index (χ2v) is 6.99. The van der Waals surface area contributed by atoms with Crippen LogP contribution in [0.25, 0.3) is 0 Å². The van der Waals surface area contributed by atoms with E-state index in [4.69, 9.17) is 9.52 Å². The van der Waals surface area contributed by atoms with Crippen molar-refractivity contribution in [1.82, 2.24) is 0 Å². The van der Waals surface area contributed by atoms with Crippen molar-refractivity contribution in [2.45, 2.75) is 96.8 Å². The first-order valence-corrected chi connectivity index (χ1v) is 10.3. The summed E-state index contributed by atoms with van der Waals surface area (Å²) >= 11 is 0. The lowest BCUT2D eigenvalue weighted by Crippen LogP contribution is -2.00. The maximum atomic E-state index is 10.7. The van der Waals surface area contributed by atoms with Crippen molar-refractivity contribution in [1.29, 1.82) is 0 Å². The summed E-state index contributed by atoms with van der Waals surface area (Å²) in [6, 6.07) is 3.16. The lowest BCUT2D eigenvalue weighted by molar-refractivity contribution is 0.0663. The SMILES string of the molecule is CCCCCCCCCCCCCCCCNc1ccc(C(=O)O)o1. The van der Waals surface area contributed by atoms with E-state index in [1.54, 1.807) is 6.07 Å². The molecule has 0 aromatic carbocycles. The quantitative estimate of drug-likeness (QED) is 0.301. The molecule has 1 heterocycles. The number of furan rings is 1. The Balaban J connectivity index is 1.79. The van der Waals surface area contributed by atoms with Crippen LogP contribution in [0.2, 0.25) is 0 Å². The van der Waals surface area contributed by atoms with Gasteiger partial charge in [-0.1, -0.05) is 90.4 Å². The Hall–Kier alpha value is -1.45. The number of unbranched alkanes of at least 4 members (excludes halogenated alkanes) is 13. The van der Waals surface area contributed by atoms with Gasteiger partial charge < -0.3 is 14.8 Å². The first-order chi connectivity index (χ1) is 12.2. The lowest BCUT2D eigenvalue weighted by Gasteiger charge is -2.04. The van der Waals surface area contributed by atoms with Gasteiger partial charge in [0.2, 0.25) is 5.76 Å². The number of nitrogens with one attached hydrogen (secondary N) is 1. The minimum absolute atomic E-state index is 0.0107. The van der Waals surface area contributed by atoms with Gasteiger partial charge in [-0.3, -0.25) is 0 Å². The van der Waals surface area contributed by atoms with Crippen LogP contribution in [0.4, 0.5) is 5.88 Å². The number of rotatable bonds is 17. The first kappa shape index (κ1) is 21.6. The van der Waals surface area contributed by atoms with Gasteiger partial charge in [0.05, 0.1) is 0 Å². The highest BCUT2D eigenvalue weighted by atomic mass is 16.4. The van der Waals surface area contributed by atoms with Crippen molar-refractivity contribution in [2.75, 3.05) is 11.9 Å². The number of anilines is 1. The van der Waals surface area contributed by atoms with Crippen LogP contribution < -0.4 is 5.32 Å². The minimum Gasteiger partial charge on any atom is -0.475 e. The molecule has 1 aromatic rings. The second-order valence-electron chi connectivity index (χ2n) is 6.99. The zero-order valence-electron chi connectivity index (χ0n) is 16.0. The number of hydrogen-bond donors (Lipinski definition) is 2.